The number of aliphatic hydroxyl groups is 1. The second kappa shape index (κ2) is 4.00. The van der Waals surface area contributed by atoms with E-state index in [1.807, 2.05) is 0 Å². The van der Waals surface area contributed by atoms with Crippen LogP contribution in [0.4, 0.5) is 0 Å². The van der Waals surface area contributed by atoms with Crippen molar-refractivity contribution < 1.29 is 5.11 Å². The topological polar surface area (TPSA) is 72.0 Å². The molecule has 0 saturated heterocycles. The molecule has 4 nitrogen and oxygen atoms in total. The van der Waals surface area contributed by atoms with Crippen molar-refractivity contribution in [3.63, 3.8) is 0 Å². The standard InChI is InChI=1S/C7H11N3O/c8-6(5-11)3-7-4-9-1-2-10-7/h1-2,4,6,11H,3,5,8H2/t6-/m0/s1. The first-order chi connectivity index (χ1) is 5.33. The average Bonchev–Trinajstić information content (AvgIpc) is 2.06. The van der Waals surface area contributed by atoms with Crippen LogP contribution in [0.1, 0.15) is 5.69 Å². The summed E-state index contributed by atoms with van der Waals surface area (Å²) in [7, 11) is 0. The van der Waals surface area contributed by atoms with Crippen LogP contribution in [0.3, 0.4) is 0 Å². The Balaban J connectivity index is 2.51. The zero-order valence-electron chi connectivity index (χ0n) is 6.14. The van der Waals surface area contributed by atoms with Crippen LogP contribution in [0.15, 0.2) is 18.6 Å². The lowest BCUT2D eigenvalue weighted by atomic mass is 10.2. The number of hydrogen-bond acceptors (Lipinski definition) is 4. The lowest BCUT2D eigenvalue weighted by Crippen LogP contribution is -2.27. The molecule has 1 heterocycles. The van der Waals surface area contributed by atoms with Crippen molar-refractivity contribution in [2.24, 2.45) is 5.73 Å². The van der Waals surface area contributed by atoms with Gasteiger partial charge in [0.1, 0.15) is 0 Å². The van der Waals surface area contributed by atoms with Crippen molar-refractivity contribution >= 4 is 0 Å². The van der Waals surface area contributed by atoms with E-state index in [1.165, 1.54) is 0 Å². The first-order valence-corrected chi connectivity index (χ1v) is 3.44. The molecule has 0 unspecified atom stereocenters. The highest BCUT2D eigenvalue weighted by Crippen LogP contribution is 1.93. The molecule has 0 spiro atoms. The minimum atomic E-state index is -0.230. The van der Waals surface area contributed by atoms with Crippen LogP contribution in [0.5, 0.6) is 0 Å². The number of hydrogen-bond donors (Lipinski definition) is 2. The molecule has 1 rings (SSSR count). The highest BCUT2D eigenvalue weighted by atomic mass is 16.3. The van der Waals surface area contributed by atoms with Gasteiger partial charge in [-0.2, -0.15) is 0 Å². The molecular weight excluding hydrogens is 142 g/mol. The molecule has 0 aliphatic heterocycles. The van der Waals surface area contributed by atoms with E-state index in [9.17, 15) is 0 Å². The molecule has 60 valence electrons. The summed E-state index contributed by atoms with van der Waals surface area (Å²) in [6, 6.07) is -0.230. The number of rotatable bonds is 3. The van der Waals surface area contributed by atoms with Gasteiger partial charge < -0.3 is 10.8 Å². The third-order valence-electron chi connectivity index (χ3n) is 1.32. The minimum Gasteiger partial charge on any atom is -0.395 e. The molecule has 0 aliphatic rings. The maximum atomic E-state index is 8.62. The maximum absolute atomic E-state index is 8.62. The molecule has 0 aromatic carbocycles. The van der Waals surface area contributed by atoms with Crippen molar-refractivity contribution in [1.29, 1.82) is 0 Å². The number of nitrogens with zero attached hydrogens (tertiary/aromatic N) is 2. The molecule has 3 N–H and O–H groups in total. The number of nitrogens with two attached hydrogens (primary N) is 1. The van der Waals surface area contributed by atoms with Crippen LogP contribution in [0.2, 0.25) is 0 Å². The van der Waals surface area contributed by atoms with Gasteiger partial charge in [-0.1, -0.05) is 0 Å². The van der Waals surface area contributed by atoms with E-state index in [-0.39, 0.29) is 12.6 Å². The van der Waals surface area contributed by atoms with Gasteiger partial charge in [0.25, 0.3) is 0 Å². The van der Waals surface area contributed by atoms with Crippen molar-refractivity contribution in [1.82, 2.24) is 9.97 Å². The van der Waals surface area contributed by atoms with Crippen LogP contribution in [-0.4, -0.2) is 27.7 Å². The van der Waals surface area contributed by atoms with Crippen molar-refractivity contribution in [3.05, 3.63) is 24.3 Å². The van der Waals surface area contributed by atoms with Crippen molar-refractivity contribution in [3.8, 4) is 0 Å². The smallest absolute Gasteiger partial charge is 0.0602 e. The fourth-order valence-corrected chi connectivity index (χ4v) is 0.769. The highest BCUT2D eigenvalue weighted by Gasteiger charge is 2.01. The van der Waals surface area contributed by atoms with Gasteiger partial charge in [0.2, 0.25) is 0 Å². The van der Waals surface area contributed by atoms with Crippen LogP contribution in [-0.2, 0) is 6.42 Å². The summed E-state index contributed by atoms with van der Waals surface area (Å²) < 4.78 is 0. The summed E-state index contributed by atoms with van der Waals surface area (Å²) in [6.45, 7) is -0.0173. The van der Waals surface area contributed by atoms with Crippen LogP contribution < -0.4 is 5.73 Å². The maximum Gasteiger partial charge on any atom is 0.0602 e. The van der Waals surface area contributed by atoms with Gasteiger partial charge in [-0.15, -0.1) is 0 Å². The lowest BCUT2D eigenvalue weighted by Gasteiger charge is -2.05. The predicted molar refractivity (Wildman–Crippen MR) is 40.8 cm³/mol. The van der Waals surface area contributed by atoms with Crippen molar-refractivity contribution in [2.45, 2.75) is 12.5 Å². The van der Waals surface area contributed by atoms with E-state index in [4.69, 9.17) is 10.8 Å². The molecule has 11 heavy (non-hydrogen) atoms. The van der Waals surface area contributed by atoms with Crippen LogP contribution in [0.25, 0.3) is 0 Å². The van der Waals surface area contributed by atoms with Gasteiger partial charge in [-0.3, -0.25) is 9.97 Å². The Kier molecular flexibility index (Phi) is 2.95. The molecule has 0 radical (unpaired) electrons. The van der Waals surface area contributed by atoms with Gasteiger partial charge in [0, 0.05) is 31.1 Å². The Morgan fingerprint density at radius 2 is 2.36 bits per heavy atom. The SMILES string of the molecule is N[C@H](CO)Cc1cnccn1. The largest absolute Gasteiger partial charge is 0.395 e. The third-order valence-corrected chi connectivity index (χ3v) is 1.32. The van der Waals surface area contributed by atoms with Crippen molar-refractivity contribution in [2.75, 3.05) is 6.61 Å². The Labute approximate surface area is 65.1 Å². The van der Waals surface area contributed by atoms with Gasteiger partial charge in [0.15, 0.2) is 0 Å². The summed E-state index contributed by atoms with van der Waals surface area (Å²) in [5.74, 6) is 0. The Morgan fingerprint density at radius 1 is 1.55 bits per heavy atom. The monoisotopic (exact) mass is 153 g/mol. The quantitative estimate of drug-likeness (QED) is 0.604. The first-order valence-electron chi connectivity index (χ1n) is 3.44. The molecule has 0 saturated carbocycles. The molecule has 1 aromatic rings. The fourth-order valence-electron chi connectivity index (χ4n) is 0.769. The molecule has 4 heteroatoms. The molecule has 1 atom stereocenters. The Morgan fingerprint density at radius 3 is 2.91 bits per heavy atom. The zero-order chi connectivity index (χ0) is 8.10. The number of aliphatic hydroxyl groups excluding tert-OH is 1. The van der Waals surface area contributed by atoms with Crippen LogP contribution >= 0.6 is 0 Å². The predicted octanol–water partition coefficient (Wildman–Crippen LogP) is -0.661. The van der Waals surface area contributed by atoms with Gasteiger partial charge >= 0.3 is 0 Å². The first kappa shape index (κ1) is 8.10. The van der Waals surface area contributed by atoms with Gasteiger partial charge in [0.05, 0.1) is 12.3 Å². The fraction of sp³-hybridized carbons (Fsp3) is 0.429. The van der Waals surface area contributed by atoms with E-state index < -0.39 is 0 Å². The second-order valence-electron chi connectivity index (χ2n) is 2.34. The van der Waals surface area contributed by atoms with Gasteiger partial charge in [-0.05, 0) is 0 Å². The second-order valence-corrected chi connectivity index (χ2v) is 2.34. The Bertz CT molecular complexity index is 202. The molecule has 0 amide bonds. The van der Waals surface area contributed by atoms with E-state index in [0.717, 1.165) is 5.69 Å². The van der Waals surface area contributed by atoms with E-state index in [1.54, 1.807) is 18.6 Å². The molecule has 0 aliphatic carbocycles. The summed E-state index contributed by atoms with van der Waals surface area (Å²) in [5.41, 5.74) is 6.30. The average molecular weight is 153 g/mol. The summed E-state index contributed by atoms with van der Waals surface area (Å²) in [5, 5.41) is 8.62. The molecule has 1 aromatic heterocycles. The molecular formula is C7H11N3O. The lowest BCUT2D eigenvalue weighted by molar-refractivity contribution is 0.264. The third kappa shape index (κ3) is 2.61. The van der Waals surface area contributed by atoms with Crippen LogP contribution in [0, 0.1) is 0 Å². The Hall–Kier alpha value is -1.00. The minimum absolute atomic E-state index is 0.0173. The summed E-state index contributed by atoms with van der Waals surface area (Å²) >= 11 is 0. The van der Waals surface area contributed by atoms with Gasteiger partial charge in [-0.25, -0.2) is 0 Å². The normalized spacial score (nSPS) is 12.9. The van der Waals surface area contributed by atoms with E-state index in [2.05, 4.69) is 9.97 Å². The summed E-state index contributed by atoms with van der Waals surface area (Å²) in [4.78, 5) is 7.89. The number of aromatic nitrogens is 2. The molecule has 0 fully saturated rings. The molecule has 0 bridgehead atoms. The van der Waals surface area contributed by atoms with E-state index >= 15 is 0 Å². The highest BCUT2D eigenvalue weighted by molar-refractivity contribution is 4.96. The van der Waals surface area contributed by atoms with E-state index in [0.29, 0.717) is 6.42 Å². The summed E-state index contributed by atoms with van der Waals surface area (Å²) in [6.07, 6.45) is 5.44. The zero-order valence-corrected chi connectivity index (χ0v) is 6.14.